The number of aromatic nitrogens is 1. The highest BCUT2D eigenvalue weighted by atomic mass is 16.6. The maximum Gasteiger partial charge on any atom is 0.412 e. The van der Waals surface area contributed by atoms with Crippen LogP contribution < -0.4 is 15.1 Å². The van der Waals surface area contributed by atoms with E-state index < -0.39 is 22.7 Å². The Labute approximate surface area is 168 Å². The number of alkyl carbamates (subject to hydrolysis) is 1. The van der Waals surface area contributed by atoms with E-state index >= 15 is 0 Å². The molecule has 0 saturated carbocycles. The van der Waals surface area contributed by atoms with Gasteiger partial charge < -0.3 is 20.1 Å². The predicted molar refractivity (Wildman–Crippen MR) is 106 cm³/mol. The van der Waals surface area contributed by atoms with E-state index in [9.17, 15) is 19.7 Å². The maximum atomic E-state index is 12.1. The number of nitrogens with one attached hydrogen (secondary N) is 1. The number of piperidine rings is 1. The Morgan fingerprint density at radius 3 is 2.62 bits per heavy atom. The second kappa shape index (κ2) is 8.50. The van der Waals surface area contributed by atoms with E-state index in [1.807, 2.05) is 6.92 Å². The minimum Gasteiger partial charge on any atom is -0.465 e. The number of carbonyl (C=O) groups is 2. The van der Waals surface area contributed by atoms with Crippen LogP contribution in [0.3, 0.4) is 0 Å². The van der Waals surface area contributed by atoms with Crippen LogP contribution in [0.4, 0.5) is 26.8 Å². The summed E-state index contributed by atoms with van der Waals surface area (Å²) in [6, 6.07) is 1.11. The van der Waals surface area contributed by atoms with Gasteiger partial charge in [0.05, 0.1) is 4.92 Å². The van der Waals surface area contributed by atoms with Gasteiger partial charge in [0.2, 0.25) is 0 Å². The number of hydrogen-bond donors (Lipinski definition) is 2. The third-order valence-corrected chi connectivity index (χ3v) is 4.40. The highest BCUT2D eigenvalue weighted by Gasteiger charge is 2.31. The Morgan fingerprint density at radius 2 is 2.07 bits per heavy atom. The summed E-state index contributed by atoms with van der Waals surface area (Å²) in [5, 5.41) is 23.5. The van der Waals surface area contributed by atoms with Crippen molar-refractivity contribution < 1.29 is 24.4 Å². The Balaban J connectivity index is 2.29. The van der Waals surface area contributed by atoms with Gasteiger partial charge in [-0.15, -0.1) is 0 Å². The third-order valence-electron chi connectivity index (χ3n) is 4.40. The third kappa shape index (κ3) is 5.93. The number of ether oxygens (including phenoxy) is 1. The molecule has 0 aliphatic carbocycles. The van der Waals surface area contributed by atoms with Crippen molar-refractivity contribution >= 4 is 29.4 Å². The van der Waals surface area contributed by atoms with Crippen molar-refractivity contribution in [2.24, 2.45) is 5.92 Å². The summed E-state index contributed by atoms with van der Waals surface area (Å²) in [4.78, 5) is 40.8. The van der Waals surface area contributed by atoms with Crippen LogP contribution in [0, 0.1) is 16.0 Å². The van der Waals surface area contributed by atoms with Gasteiger partial charge in [-0.3, -0.25) is 15.0 Å². The molecular formula is C18H27N5O6. The van der Waals surface area contributed by atoms with Crippen molar-refractivity contribution in [2.45, 2.75) is 45.8 Å². The molecule has 1 aromatic rings. The molecule has 0 spiro atoms. The van der Waals surface area contributed by atoms with Crippen LogP contribution in [0.5, 0.6) is 0 Å². The van der Waals surface area contributed by atoms with Crippen LogP contribution in [0.2, 0.25) is 0 Å². The van der Waals surface area contributed by atoms with E-state index in [2.05, 4.69) is 10.3 Å². The Kier molecular flexibility index (Phi) is 6.50. The molecule has 2 atom stereocenters. The minimum atomic E-state index is -1.23. The molecule has 1 aliphatic heterocycles. The van der Waals surface area contributed by atoms with Gasteiger partial charge in [0.15, 0.2) is 0 Å². The molecule has 2 N–H and O–H groups in total. The summed E-state index contributed by atoms with van der Waals surface area (Å²) in [6.45, 7) is 8.13. The summed E-state index contributed by atoms with van der Waals surface area (Å²) < 4.78 is 5.30. The maximum absolute atomic E-state index is 12.1. The van der Waals surface area contributed by atoms with Gasteiger partial charge in [0.1, 0.15) is 23.3 Å². The molecule has 2 amide bonds. The lowest BCUT2D eigenvalue weighted by Gasteiger charge is -2.38. The van der Waals surface area contributed by atoms with Crippen molar-refractivity contribution in [3.63, 3.8) is 0 Å². The topological polar surface area (TPSA) is 138 Å². The average Bonchev–Trinajstić information content (AvgIpc) is 2.58. The Morgan fingerprint density at radius 1 is 1.41 bits per heavy atom. The smallest absolute Gasteiger partial charge is 0.412 e. The second-order valence-corrected chi connectivity index (χ2v) is 8.22. The Hall–Kier alpha value is -3.11. The number of pyridine rings is 1. The standard InChI is InChI=1S/C18H27N5O6/c1-11-6-12(20-16(24)29-18(2,3)4)10-22(9-11)13-7-15(21(5)17(25)26)19-8-14(13)23(27)28/h7-8,11-12H,6,9-10H2,1-5H3,(H,20,24)(H,25,26)/t11-,12+/m1/s1. The van der Waals surface area contributed by atoms with Gasteiger partial charge >= 0.3 is 17.9 Å². The molecule has 160 valence electrons. The molecule has 2 rings (SSSR count). The van der Waals surface area contributed by atoms with E-state index in [1.54, 1.807) is 25.7 Å². The van der Waals surface area contributed by atoms with Crippen molar-refractivity contribution in [3.8, 4) is 0 Å². The molecule has 2 heterocycles. The number of nitro groups is 1. The first-order valence-corrected chi connectivity index (χ1v) is 9.23. The van der Waals surface area contributed by atoms with E-state index in [0.717, 1.165) is 11.1 Å². The normalized spacial score (nSPS) is 19.4. The quantitative estimate of drug-likeness (QED) is 0.572. The Bertz CT molecular complexity index is 793. The predicted octanol–water partition coefficient (Wildman–Crippen LogP) is 2.84. The van der Waals surface area contributed by atoms with Crippen LogP contribution in [0.1, 0.15) is 34.1 Å². The monoisotopic (exact) mass is 409 g/mol. The summed E-state index contributed by atoms with van der Waals surface area (Å²) in [5.74, 6) is 0.213. The van der Waals surface area contributed by atoms with Crippen LogP contribution >= 0.6 is 0 Å². The molecule has 1 fully saturated rings. The van der Waals surface area contributed by atoms with Gasteiger partial charge in [-0.2, -0.15) is 0 Å². The zero-order valence-electron chi connectivity index (χ0n) is 17.2. The van der Waals surface area contributed by atoms with E-state index in [-0.39, 0.29) is 29.2 Å². The van der Waals surface area contributed by atoms with Crippen LogP contribution in [0.25, 0.3) is 0 Å². The molecule has 1 aliphatic rings. The van der Waals surface area contributed by atoms with Gasteiger partial charge in [-0.25, -0.2) is 14.6 Å². The highest BCUT2D eigenvalue weighted by Crippen LogP contribution is 2.33. The molecule has 1 aromatic heterocycles. The second-order valence-electron chi connectivity index (χ2n) is 8.22. The fourth-order valence-electron chi connectivity index (χ4n) is 3.23. The summed E-state index contributed by atoms with van der Waals surface area (Å²) in [5.41, 5.74) is -0.599. The molecule has 1 saturated heterocycles. The zero-order chi connectivity index (χ0) is 21.9. The van der Waals surface area contributed by atoms with Crippen LogP contribution in [-0.2, 0) is 4.74 Å². The summed E-state index contributed by atoms with van der Waals surface area (Å²) in [7, 11) is 1.31. The van der Waals surface area contributed by atoms with Gasteiger partial charge in [0, 0.05) is 32.2 Å². The van der Waals surface area contributed by atoms with Gasteiger partial charge in [-0.05, 0) is 33.1 Å². The first-order valence-electron chi connectivity index (χ1n) is 9.23. The van der Waals surface area contributed by atoms with E-state index in [0.29, 0.717) is 19.5 Å². The van der Waals surface area contributed by atoms with Gasteiger partial charge in [-0.1, -0.05) is 6.92 Å². The van der Waals surface area contributed by atoms with Crippen LogP contribution in [0.15, 0.2) is 12.3 Å². The number of hydrogen-bond acceptors (Lipinski definition) is 7. The van der Waals surface area contributed by atoms with Gasteiger partial charge in [0.25, 0.3) is 0 Å². The largest absolute Gasteiger partial charge is 0.465 e. The van der Waals surface area contributed by atoms with E-state index in [1.165, 1.54) is 13.1 Å². The molecule has 0 radical (unpaired) electrons. The fraction of sp³-hybridized carbons (Fsp3) is 0.611. The molecular weight excluding hydrogens is 382 g/mol. The SMILES string of the molecule is C[C@@H]1C[C@H](NC(=O)OC(C)(C)C)CN(c2cc(N(C)C(=O)O)ncc2[N+](=O)[O-])C1. The lowest BCUT2D eigenvalue weighted by atomic mass is 9.95. The number of anilines is 2. The lowest BCUT2D eigenvalue weighted by Crippen LogP contribution is -2.51. The zero-order valence-corrected chi connectivity index (χ0v) is 17.2. The summed E-state index contributed by atoms with van der Waals surface area (Å²) >= 11 is 0. The van der Waals surface area contributed by atoms with Crippen molar-refractivity contribution in [2.75, 3.05) is 29.9 Å². The number of amides is 2. The van der Waals surface area contributed by atoms with Crippen molar-refractivity contribution in [3.05, 3.63) is 22.4 Å². The molecule has 11 heteroatoms. The first-order chi connectivity index (χ1) is 13.4. The average molecular weight is 409 g/mol. The first kappa shape index (κ1) is 22.2. The number of rotatable bonds is 4. The fourth-order valence-corrected chi connectivity index (χ4v) is 3.23. The molecule has 29 heavy (non-hydrogen) atoms. The molecule has 0 bridgehead atoms. The number of carboxylic acid groups (broad SMARTS) is 1. The molecule has 11 nitrogen and oxygen atoms in total. The lowest BCUT2D eigenvalue weighted by molar-refractivity contribution is -0.384. The van der Waals surface area contributed by atoms with E-state index in [4.69, 9.17) is 9.84 Å². The van der Waals surface area contributed by atoms with Crippen molar-refractivity contribution in [1.82, 2.24) is 10.3 Å². The highest BCUT2D eigenvalue weighted by molar-refractivity contribution is 5.85. The number of carbonyl (C=O) groups excluding carboxylic acids is 1. The summed E-state index contributed by atoms with van der Waals surface area (Å²) in [6.07, 6.45) is -0.0308. The van der Waals surface area contributed by atoms with Crippen LogP contribution in [-0.4, -0.2) is 59.0 Å². The number of nitrogens with zero attached hydrogens (tertiary/aromatic N) is 4. The molecule has 0 unspecified atom stereocenters. The molecule has 0 aromatic carbocycles. The minimum absolute atomic E-state index is 0.0768. The van der Waals surface area contributed by atoms with Crippen molar-refractivity contribution in [1.29, 1.82) is 0 Å².